The van der Waals surface area contributed by atoms with E-state index < -0.39 is 0 Å². The first-order valence-corrected chi connectivity index (χ1v) is 11.3. The molecule has 1 saturated carbocycles. The highest BCUT2D eigenvalue weighted by Gasteiger charge is 2.29. The van der Waals surface area contributed by atoms with Gasteiger partial charge in [-0.1, -0.05) is 36.0 Å². The summed E-state index contributed by atoms with van der Waals surface area (Å²) in [5.74, 6) is 0.211. The lowest BCUT2D eigenvalue weighted by Gasteiger charge is -2.32. The number of rotatable bonds is 6. The summed E-state index contributed by atoms with van der Waals surface area (Å²) >= 11 is 1.76. The van der Waals surface area contributed by atoms with Crippen molar-refractivity contribution >= 4 is 46.3 Å². The van der Waals surface area contributed by atoms with Gasteiger partial charge in [-0.15, -0.1) is 0 Å². The number of nitrogens with one attached hydrogen (secondary N) is 2. The van der Waals surface area contributed by atoms with Crippen molar-refractivity contribution in [3.63, 3.8) is 0 Å². The molecule has 1 aliphatic carbocycles. The van der Waals surface area contributed by atoms with Gasteiger partial charge >= 0.3 is 0 Å². The van der Waals surface area contributed by atoms with Crippen molar-refractivity contribution in [2.45, 2.75) is 29.1 Å². The maximum Gasteiger partial charge on any atom is 0.227 e. The number of para-hydroxylation sites is 2. The summed E-state index contributed by atoms with van der Waals surface area (Å²) in [6, 6.07) is 23.9. The fourth-order valence-corrected chi connectivity index (χ4v) is 4.78. The summed E-state index contributed by atoms with van der Waals surface area (Å²) in [7, 11) is 0. The Labute approximate surface area is 185 Å². The van der Waals surface area contributed by atoms with Gasteiger partial charge < -0.3 is 15.5 Å². The largest absolute Gasteiger partial charge is 0.339 e. The van der Waals surface area contributed by atoms with Crippen molar-refractivity contribution in [2.24, 2.45) is 5.92 Å². The number of benzene rings is 3. The van der Waals surface area contributed by atoms with Crippen LogP contribution in [-0.4, -0.2) is 18.4 Å². The number of nitrogens with zero attached hydrogens (tertiary/aromatic N) is 1. The maximum atomic E-state index is 12.6. The predicted molar refractivity (Wildman–Crippen MR) is 125 cm³/mol. The van der Waals surface area contributed by atoms with Gasteiger partial charge in [0.25, 0.3) is 0 Å². The zero-order valence-corrected chi connectivity index (χ0v) is 17.8. The number of amides is 2. The minimum Gasteiger partial charge on any atom is -0.339 e. The molecule has 0 aromatic heterocycles. The molecule has 5 nitrogen and oxygen atoms in total. The number of fused-ring (bicyclic) bond motifs is 2. The van der Waals surface area contributed by atoms with E-state index in [4.69, 9.17) is 0 Å². The fourth-order valence-electron chi connectivity index (χ4n) is 3.69. The van der Waals surface area contributed by atoms with E-state index in [9.17, 15) is 9.59 Å². The third-order valence-electron chi connectivity index (χ3n) is 5.48. The second kappa shape index (κ2) is 8.47. The summed E-state index contributed by atoms with van der Waals surface area (Å²) in [6.07, 6.45) is 2.32. The minimum atomic E-state index is -0.0389. The van der Waals surface area contributed by atoms with Crippen LogP contribution in [0, 0.1) is 5.92 Å². The molecule has 0 bridgehead atoms. The Balaban J connectivity index is 1.22. The molecule has 0 spiro atoms. The average Bonchev–Trinajstić information content (AvgIpc) is 3.63. The second-order valence-corrected chi connectivity index (χ2v) is 8.91. The van der Waals surface area contributed by atoms with Crippen LogP contribution in [0.2, 0.25) is 0 Å². The van der Waals surface area contributed by atoms with Crippen molar-refractivity contribution in [3.8, 4) is 0 Å². The third-order valence-corrected chi connectivity index (χ3v) is 6.61. The lowest BCUT2D eigenvalue weighted by Crippen LogP contribution is -2.25. The maximum absolute atomic E-state index is 12.6. The van der Waals surface area contributed by atoms with E-state index in [1.807, 2.05) is 48.5 Å². The van der Waals surface area contributed by atoms with Crippen LogP contribution in [0.4, 0.5) is 22.7 Å². The van der Waals surface area contributed by atoms with Crippen molar-refractivity contribution in [1.82, 2.24) is 0 Å². The fraction of sp³-hybridized carbons (Fsp3) is 0.200. The van der Waals surface area contributed by atoms with E-state index >= 15 is 0 Å². The van der Waals surface area contributed by atoms with Gasteiger partial charge in [0.1, 0.15) is 0 Å². The van der Waals surface area contributed by atoms with E-state index in [0.717, 1.165) is 35.6 Å². The van der Waals surface area contributed by atoms with Crippen LogP contribution >= 0.6 is 11.8 Å². The molecule has 0 unspecified atom stereocenters. The van der Waals surface area contributed by atoms with Crippen LogP contribution in [0.15, 0.2) is 82.6 Å². The number of hydrogen-bond acceptors (Lipinski definition) is 4. The molecule has 1 heterocycles. The predicted octanol–water partition coefficient (Wildman–Crippen LogP) is 5.67. The van der Waals surface area contributed by atoms with Crippen molar-refractivity contribution in [1.29, 1.82) is 0 Å². The Kier molecular flexibility index (Phi) is 5.38. The highest BCUT2D eigenvalue weighted by molar-refractivity contribution is 7.99. The Morgan fingerprint density at radius 2 is 1.35 bits per heavy atom. The molecule has 0 atom stereocenters. The van der Waals surface area contributed by atoms with Crippen molar-refractivity contribution < 1.29 is 9.59 Å². The summed E-state index contributed by atoms with van der Waals surface area (Å²) in [5, 5.41) is 5.87. The van der Waals surface area contributed by atoms with E-state index in [1.165, 1.54) is 9.79 Å². The van der Waals surface area contributed by atoms with Gasteiger partial charge in [0.05, 0.1) is 11.4 Å². The van der Waals surface area contributed by atoms with E-state index in [0.29, 0.717) is 13.0 Å². The lowest BCUT2D eigenvalue weighted by atomic mass is 10.2. The third kappa shape index (κ3) is 4.44. The first-order chi connectivity index (χ1) is 15.2. The highest BCUT2D eigenvalue weighted by atomic mass is 32.2. The monoisotopic (exact) mass is 429 g/mol. The van der Waals surface area contributed by atoms with Gasteiger partial charge in [-0.3, -0.25) is 9.59 Å². The number of carbonyl (C=O) groups excluding carboxylic acids is 2. The number of carbonyl (C=O) groups is 2. The smallest absolute Gasteiger partial charge is 0.227 e. The zero-order chi connectivity index (χ0) is 21.2. The summed E-state index contributed by atoms with van der Waals surface area (Å²) in [6.45, 7) is 0.593. The Morgan fingerprint density at radius 1 is 0.806 bits per heavy atom. The van der Waals surface area contributed by atoms with Crippen LogP contribution in [-0.2, 0) is 9.59 Å². The molecule has 3 aromatic rings. The first-order valence-electron chi connectivity index (χ1n) is 10.5. The average molecular weight is 430 g/mol. The number of anilines is 4. The van der Waals surface area contributed by atoms with Gasteiger partial charge in [-0.25, -0.2) is 0 Å². The molecule has 3 aromatic carbocycles. The Hall–Kier alpha value is -3.25. The molecule has 0 radical (unpaired) electrons. The molecular weight excluding hydrogens is 406 g/mol. The van der Waals surface area contributed by atoms with E-state index in [1.54, 1.807) is 11.8 Å². The molecule has 2 amide bonds. The van der Waals surface area contributed by atoms with Crippen molar-refractivity contribution in [3.05, 3.63) is 72.8 Å². The molecule has 2 N–H and O–H groups in total. The van der Waals surface area contributed by atoms with Gasteiger partial charge in [0, 0.05) is 40.0 Å². The molecule has 1 fully saturated rings. The van der Waals surface area contributed by atoms with Crippen molar-refractivity contribution in [2.75, 3.05) is 22.1 Å². The van der Waals surface area contributed by atoms with Gasteiger partial charge in [-0.05, 0) is 61.4 Å². The molecule has 2 aliphatic rings. The van der Waals surface area contributed by atoms with E-state index in [2.05, 4.69) is 39.8 Å². The van der Waals surface area contributed by atoms with Crippen LogP contribution in [0.3, 0.4) is 0 Å². The quantitative estimate of drug-likeness (QED) is 0.530. The van der Waals surface area contributed by atoms with Crippen LogP contribution in [0.1, 0.15) is 19.3 Å². The normalized spacial score (nSPS) is 14.4. The zero-order valence-electron chi connectivity index (χ0n) is 17.0. The molecule has 6 heteroatoms. The topological polar surface area (TPSA) is 61.4 Å². The summed E-state index contributed by atoms with van der Waals surface area (Å²) < 4.78 is 0. The SMILES string of the molecule is O=C(CCN1c2ccccc2Sc2ccccc21)Nc1ccc(NC(=O)C2CC2)cc1. The van der Waals surface area contributed by atoms with E-state index in [-0.39, 0.29) is 17.7 Å². The molecule has 0 saturated heterocycles. The van der Waals surface area contributed by atoms with Crippen LogP contribution < -0.4 is 15.5 Å². The Bertz CT molecular complexity index is 1080. The minimum absolute atomic E-state index is 0.0389. The highest BCUT2D eigenvalue weighted by Crippen LogP contribution is 2.47. The van der Waals surface area contributed by atoms with Gasteiger partial charge in [0.15, 0.2) is 0 Å². The number of hydrogen-bond donors (Lipinski definition) is 2. The second-order valence-electron chi connectivity index (χ2n) is 7.83. The molecule has 31 heavy (non-hydrogen) atoms. The lowest BCUT2D eigenvalue weighted by molar-refractivity contribution is -0.117. The van der Waals surface area contributed by atoms with Gasteiger partial charge in [0.2, 0.25) is 11.8 Å². The van der Waals surface area contributed by atoms with Crippen LogP contribution in [0.5, 0.6) is 0 Å². The summed E-state index contributed by atoms with van der Waals surface area (Å²) in [4.78, 5) is 29.1. The molecular formula is C25H23N3O2S. The first kappa shape index (κ1) is 19.7. The summed E-state index contributed by atoms with van der Waals surface area (Å²) in [5.41, 5.74) is 3.75. The molecule has 1 aliphatic heterocycles. The Morgan fingerprint density at radius 3 is 1.94 bits per heavy atom. The van der Waals surface area contributed by atoms with Crippen LogP contribution in [0.25, 0.3) is 0 Å². The molecule has 156 valence electrons. The molecule has 5 rings (SSSR count). The van der Waals surface area contributed by atoms with Gasteiger partial charge in [-0.2, -0.15) is 0 Å². The standard InChI is InChI=1S/C25H23N3O2S/c29-24(26-18-11-13-19(14-12-18)27-25(30)17-9-10-17)15-16-28-20-5-1-3-7-22(20)31-23-8-4-2-6-21(23)28/h1-8,11-14,17H,9-10,15-16H2,(H,26,29)(H,27,30).